The van der Waals surface area contributed by atoms with Crippen molar-refractivity contribution < 1.29 is 52.4 Å². The number of aliphatic carboxylic acids is 1. The molecule has 2 N–H and O–H groups in total. The average molecular weight is 390 g/mol. The van der Waals surface area contributed by atoms with Crippen LogP contribution in [0.3, 0.4) is 0 Å². The molecule has 1 unspecified atom stereocenters. The van der Waals surface area contributed by atoms with Crippen LogP contribution < -0.4 is 34.6 Å². The first kappa shape index (κ1) is 22.2. The number of fused-ring (bicyclic) bond motifs is 2. The second-order valence-electron chi connectivity index (χ2n) is 6.76. The summed E-state index contributed by atoms with van der Waals surface area (Å²) >= 11 is 0. The molecule has 3 aliphatic heterocycles. The van der Waals surface area contributed by atoms with Gasteiger partial charge in [-0.1, -0.05) is 6.08 Å². The number of nitrogens with one attached hydrogen (secondary N) is 2. The van der Waals surface area contributed by atoms with Crippen molar-refractivity contribution >= 4 is 23.8 Å². The summed E-state index contributed by atoms with van der Waals surface area (Å²) in [4.78, 5) is 52.4. The van der Waals surface area contributed by atoms with E-state index in [4.69, 9.17) is 0 Å². The van der Waals surface area contributed by atoms with Gasteiger partial charge in [0, 0.05) is 19.0 Å². The van der Waals surface area contributed by atoms with E-state index in [9.17, 15) is 28.7 Å². The number of carboxylic acids is 1. The average Bonchev–Trinajstić information content (AvgIpc) is 3.11. The molecule has 10 nitrogen and oxygen atoms in total. The van der Waals surface area contributed by atoms with Gasteiger partial charge >= 0.3 is 24.9 Å². The fourth-order valence-electron chi connectivity index (χ4n) is 3.57. The summed E-state index contributed by atoms with van der Waals surface area (Å²) in [5.74, 6) is -2.50. The van der Waals surface area contributed by atoms with Gasteiger partial charge in [0.05, 0.1) is 12.6 Å². The number of hydrogen-bond acceptors (Lipinski definition) is 6. The van der Waals surface area contributed by atoms with E-state index in [0.717, 1.165) is 6.42 Å². The maximum Gasteiger partial charge on any atom is 1.00 e. The first-order valence-electron chi connectivity index (χ1n) is 8.65. The van der Waals surface area contributed by atoms with E-state index in [2.05, 4.69) is 15.5 Å². The zero-order valence-electron chi connectivity index (χ0n) is 15.6. The number of halogens is 1. The molecule has 2 fully saturated rings. The minimum atomic E-state index is -2.78. The molecule has 3 rings (SSSR count). The summed E-state index contributed by atoms with van der Waals surface area (Å²) in [6.45, 7) is 2.06. The molecule has 0 spiro atoms. The Bertz CT molecular complexity index is 705. The van der Waals surface area contributed by atoms with E-state index < -0.39 is 36.3 Å². The van der Waals surface area contributed by atoms with Gasteiger partial charge in [0.25, 0.3) is 6.36 Å². The van der Waals surface area contributed by atoms with Crippen LogP contribution in [0.2, 0.25) is 0 Å². The fraction of sp³-hybridized carbons (Fsp3) is 0.625. The number of nitrogens with zero attached hydrogens (tertiary/aromatic N) is 2. The number of carbonyl (C=O) groups is 4. The summed E-state index contributed by atoms with van der Waals surface area (Å²) in [6.07, 6.45) is 0.568. The van der Waals surface area contributed by atoms with Crippen LogP contribution in [0.25, 0.3) is 0 Å². The van der Waals surface area contributed by atoms with E-state index in [-0.39, 0.29) is 37.4 Å². The third kappa shape index (κ3) is 4.48. The Morgan fingerprint density at radius 2 is 2.18 bits per heavy atom. The second-order valence-corrected chi connectivity index (χ2v) is 6.76. The number of hydrogen-bond donors (Lipinski definition) is 2. The van der Waals surface area contributed by atoms with Gasteiger partial charge in [0.1, 0.15) is 12.0 Å². The van der Waals surface area contributed by atoms with Crippen LogP contribution in [-0.4, -0.2) is 71.4 Å². The molecular weight excluding hydrogens is 370 g/mol. The molecule has 0 radical (unpaired) electrons. The van der Waals surface area contributed by atoms with E-state index in [1.54, 1.807) is 13.0 Å². The van der Waals surface area contributed by atoms with E-state index >= 15 is 0 Å². The molecule has 3 heterocycles. The minimum Gasteiger partial charge on any atom is -0.544 e. The van der Waals surface area contributed by atoms with Crippen LogP contribution in [-0.2, 0) is 19.2 Å². The maximum atomic E-state index is 13.3. The van der Waals surface area contributed by atoms with Gasteiger partial charge in [-0.2, -0.15) is 5.06 Å². The van der Waals surface area contributed by atoms with Gasteiger partial charge in [-0.05, 0) is 25.3 Å². The van der Waals surface area contributed by atoms with Crippen LogP contribution in [0.4, 0.5) is 9.18 Å². The van der Waals surface area contributed by atoms with E-state index in [0.29, 0.717) is 30.0 Å². The van der Waals surface area contributed by atoms with E-state index in [1.807, 2.05) is 0 Å². The molecule has 28 heavy (non-hydrogen) atoms. The molecule has 0 saturated carbocycles. The summed E-state index contributed by atoms with van der Waals surface area (Å²) in [5, 5.41) is 16.7. The number of hydroxylamine groups is 2. The molecule has 0 aromatic carbocycles. The topological polar surface area (TPSA) is 131 Å². The predicted octanol–water partition coefficient (Wildman–Crippen LogP) is -4.81. The number of amides is 4. The first-order valence-corrected chi connectivity index (χ1v) is 8.65. The third-order valence-electron chi connectivity index (χ3n) is 4.83. The second kappa shape index (κ2) is 8.94. The largest absolute Gasteiger partial charge is 1.00 e. The van der Waals surface area contributed by atoms with Gasteiger partial charge in [-0.15, -0.1) is 0 Å². The Labute approximate surface area is 172 Å². The van der Waals surface area contributed by atoms with Crippen LogP contribution in [0.5, 0.6) is 0 Å². The standard InChI is InChI=1S/C16H21FN4O6.Li/c1-8-6-10-7-20(16(26)21(10)27-13(17)15(24)25)12(8)14(23)18-5-4-9-2-3-11(22)19-9;/h6,9-10,12-13H,2-5,7H2,1H3,(H,18,23)(H,19,22)(H,24,25);/q;+1/p-1/t9?,10-,12+,13-;/m1./s1. The van der Waals surface area contributed by atoms with Crippen molar-refractivity contribution in [2.45, 2.75) is 50.7 Å². The van der Waals surface area contributed by atoms with Crippen molar-refractivity contribution in [2.75, 3.05) is 13.1 Å². The summed E-state index contributed by atoms with van der Waals surface area (Å²) in [6, 6.07) is -2.34. The van der Waals surface area contributed by atoms with Gasteiger partial charge in [-0.3, -0.25) is 9.59 Å². The van der Waals surface area contributed by atoms with Gasteiger partial charge < -0.3 is 25.4 Å². The normalized spacial score (nSPS) is 27.1. The molecule has 2 bridgehead atoms. The molecule has 0 aromatic rings. The van der Waals surface area contributed by atoms with Crippen molar-refractivity contribution in [1.29, 1.82) is 0 Å². The van der Waals surface area contributed by atoms with Gasteiger partial charge in [0.15, 0.2) is 0 Å². The molecule has 4 amide bonds. The first-order chi connectivity index (χ1) is 12.8. The quantitative estimate of drug-likeness (QED) is 0.331. The fourth-order valence-corrected chi connectivity index (χ4v) is 3.57. The number of alkyl halides is 1. The van der Waals surface area contributed by atoms with Crippen molar-refractivity contribution in [3.63, 3.8) is 0 Å². The van der Waals surface area contributed by atoms with Crippen molar-refractivity contribution in [2.24, 2.45) is 0 Å². The zero-order valence-corrected chi connectivity index (χ0v) is 15.6. The minimum absolute atomic E-state index is 0. The Kier molecular flexibility index (Phi) is 7.09. The number of carboxylic acid groups (broad SMARTS) is 1. The molecule has 148 valence electrons. The maximum absolute atomic E-state index is 13.3. The Balaban J connectivity index is 0.00000280. The molecule has 2 saturated heterocycles. The van der Waals surface area contributed by atoms with Crippen molar-refractivity contribution in [3.05, 3.63) is 11.6 Å². The van der Waals surface area contributed by atoms with Crippen molar-refractivity contribution in [1.82, 2.24) is 20.6 Å². The Morgan fingerprint density at radius 1 is 1.46 bits per heavy atom. The number of rotatable bonds is 7. The third-order valence-corrected chi connectivity index (χ3v) is 4.83. The Hall–Kier alpha value is -2.09. The van der Waals surface area contributed by atoms with Crippen LogP contribution >= 0.6 is 0 Å². The summed E-state index contributed by atoms with van der Waals surface area (Å²) < 4.78 is 13.3. The van der Waals surface area contributed by atoms with Gasteiger partial charge in [0.2, 0.25) is 11.8 Å². The SMILES string of the molecule is CC1=C[C@@H]2CN(C(=O)N2O[C@@H](F)C(=O)[O-])[C@@H]1C(=O)NCCC1CCC(=O)N1.[Li+]. The number of carbonyl (C=O) groups excluding carboxylic acids is 4. The Morgan fingerprint density at radius 3 is 2.79 bits per heavy atom. The summed E-state index contributed by atoms with van der Waals surface area (Å²) in [5.41, 5.74) is 0.571. The molecule has 0 aromatic heterocycles. The predicted molar refractivity (Wildman–Crippen MR) is 85.1 cm³/mol. The zero-order chi connectivity index (χ0) is 19.7. The van der Waals surface area contributed by atoms with Crippen molar-refractivity contribution in [3.8, 4) is 0 Å². The van der Waals surface area contributed by atoms with E-state index in [1.165, 1.54) is 4.90 Å². The molecule has 12 heteroatoms. The molecule has 4 atom stereocenters. The van der Waals surface area contributed by atoms with Gasteiger partial charge in [-0.25, -0.2) is 14.0 Å². The molecule has 0 aliphatic carbocycles. The molecule has 3 aliphatic rings. The van der Waals surface area contributed by atoms with Crippen LogP contribution in [0.15, 0.2) is 11.6 Å². The number of urea groups is 1. The van der Waals surface area contributed by atoms with Crippen LogP contribution in [0, 0.1) is 0 Å². The molecular formula is C16H20FLiN4O6. The van der Waals surface area contributed by atoms with Crippen LogP contribution in [0.1, 0.15) is 26.2 Å². The summed E-state index contributed by atoms with van der Waals surface area (Å²) in [7, 11) is 0. The monoisotopic (exact) mass is 390 g/mol. The smallest absolute Gasteiger partial charge is 0.544 e.